The normalized spacial score (nSPS) is 13.4. The van der Waals surface area contributed by atoms with Crippen LogP contribution in [0.25, 0.3) is 10.4 Å². The molecule has 4 rings (SSSR count). The van der Waals surface area contributed by atoms with E-state index in [0.29, 0.717) is 29.5 Å². The molecule has 36 heavy (non-hydrogen) atoms. The number of nitrogens with one attached hydrogen (secondary N) is 2. The number of benzene rings is 2. The van der Waals surface area contributed by atoms with Crippen LogP contribution in [0.3, 0.4) is 0 Å². The van der Waals surface area contributed by atoms with Crippen molar-refractivity contribution in [1.29, 1.82) is 0 Å². The van der Waals surface area contributed by atoms with Crippen molar-refractivity contribution in [3.63, 3.8) is 0 Å². The fraction of sp³-hybridized carbons (Fsp3) is 0.179. The van der Waals surface area contributed by atoms with Crippen LogP contribution in [-0.4, -0.2) is 24.1 Å². The van der Waals surface area contributed by atoms with Gasteiger partial charge < -0.3 is 10.6 Å². The molecule has 0 atom stereocenters. The minimum Gasteiger partial charge on any atom is -0.344 e. The Balaban J connectivity index is 1.59. The summed E-state index contributed by atoms with van der Waals surface area (Å²) in [6, 6.07) is 13.9. The highest BCUT2D eigenvalue weighted by Crippen LogP contribution is 2.56. The summed E-state index contributed by atoms with van der Waals surface area (Å²) in [5, 5.41) is 6.69. The number of hydrogen-bond donors (Lipinski definition) is 2. The molecule has 1 saturated carbocycles. The van der Waals surface area contributed by atoms with E-state index in [1.807, 2.05) is 17.5 Å². The number of thiophene rings is 1. The molecular weight excluding hydrogens is 499 g/mol. The second-order valence-corrected chi connectivity index (χ2v) is 9.77. The van der Waals surface area contributed by atoms with Gasteiger partial charge in [0, 0.05) is 33.5 Å². The van der Waals surface area contributed by atoms with Crippen LogP contribution >= 0.6 is 22.9 Å². The number of carbonyl (C=O) groups is 3. The van der Waals surface area contributed by atoms with E-state index in [9.17, 15) is 14.4 Å². The van der Waals surface area contributed by atoms with E-state index in [4.69, 9.17) is 18.0 Å². The number of ketones is 1. The Morgan fingerprint density at radius 3 is 2.50 bits per heavy atom. The summed E-state index contributed by atoms with van der Waals surface area (Å²) in [6.07, 6.45) is 6.21. The maximum absolute atomic E-state index is 15.3. The topological polar surface area (TPSA) is 75.3 Å². The number of rotatable bonds is 8. The second-order valence-electron chi connectivity index (χ2n) is 8.41. The summed E-state index contributed by atoms with van der Waals surface area (Å²) in [6.45, 7) is 3.95. The lowest BCUT2D eigenvalue weighted by atomic mass is 9.82. The van der Waals surface area contributed by atoms with Crippen molar-refractivity contribution in [3.05, 3.63) is 93.6 Å². The summed E-state index contributed by atoms with van der Waals surface area (Å²) in [4.78, 5) is 38.3. The zero-order chi connectivity index (χ0) is 25.9. The predicted octanol–water partition coefficient (Wildman–Crippen LogP) is 5.04. The zero-order valence-electron chi connectivity index (χ0n) is 19.2. The summed E-state index contributed by atoms with van der Waals surface area (Å²) in [7, 11) is 0. The first-order valence-electron chi connectivity index (χ1n) is 11.1. The molecule has 1 aliphatic carbocycles. The molecule has 2 aromatic carbocycles. The molecule has 8 heteroatoms. The van der Waals surface area contributed by atoms with Crippen LogP contribution in [0.5, 0.6) is 0 Å². The van der Waals surface area contributed by atoms with Gasteiger partial charge in [-0.1, -0.05) is 54.4 Å². The van der Waals surface area contributed by atoms with Crippen LogP contribution in [0.15, 0.2) is 66.1 Å². The number of allylic oxidation sites excluding steroid dienone is 1. The molecule has 0 saturated heterocycles. The first kappa shape index (κ1) is 25.4. The number of Topliss-reactive ketones (excluding diaryl/α,β-unsaturated/α-hetero) is 1. The van der Waals surface area contributed by atoms with Gasteiger partial charge in [-0.25, -0.2) is 4.39 Å². The Bertz CT molecular complexity index is 1400. The Labute approximate surface area is 217 Å². The summed E-state index contributed by atoms with van der Waals surface area (Å²) in [5.41, 5.74) is 1.36. The van der Waals surface area contributed by atoms with Gasteiger partial charge in [-0.3, -0.25) is 14.4 Å². The average molecular weight is 521 g/mol. The third-order valence-corrected chi connectivity index (χ3v) is 7.40. The maximum atomic E-state index is 15.3. The number of amides is 2. The molecule has 5 nitrogen and oxygen atoms in total. The van der Waals surface area contributed by atoms with Gasteiger partial charge in [0.2, 0.25) is 0 Å². The largest absolute Gasteiger partial charge is 0.344 e. The van der Waals surface area contributed by atoms with Gasteiger partial charge >= 0.3 is 11.8 Å². The number of terminal acetylenes is 1. The van der Waals surface area contributed by atoms with Crippen LogP contribution in [0.2, 0.25) is 5.02 Å². The van der Waals surface area contributed by atoms with E-state index in [1.54, 1.807) is 36.4 Å². The van der Waals surface area contributed by atoms with E-state index in [-0.39, 0.29) is 29.5 Å². The lowest BCUT2D eigenvalue weighted by Gasteiger charge is -2.21. The minimum absolute atomic E-state index is 0.00588. The molecule has 0 radical (unpaired) electrons. The van der Waals surface area contributed by atoms with E-state index in [0.717, 1.165) is 10.4 Å². The highest BCUT2D eigenvalue weighted by Gasteiger charge is 2.51. The average Bonchev–Trinajstić information content (AvgIpc) is 3.51. The van der Waals surface area contributed by atoms with Crippen molar-refractivity contribution in [1.82, 2.24) is 10.6 Å². The summed E-state index contributed by atoms with van der Waals surface area (Å²) in [5.74, 6) is -0.427. The molecule has 0 bridgehead atoms. The van der Waals surface area contributed by atoms with E-state index in [1.165, 1.54) is 11.3 Å². The molecule has 0 aliphatic heterocycles. The van der Waals surface area contributed by atoms with Crippen molar-refractivity contribution >= 4 is 40.5 Å². The van der Waals surface area contributed by atoms with Crippen LogP contribution in [-0.2, 0) is 21.5 Å². The monoisotopic (exact) mass is 520 g/mol. The van der Waals surface area contributed by atoms with Crippen molar-refractivity contribution < 1.29 is 18.8 Å². The third kappa shape index (κ3) is 4.97. The lowest BCUT2D eigenvalue weighted by molar-refractivity contribution is -0.139. The Morgan fingerprint density at radius 1 is 1.11 bits per heavy atom. The van der Waals surface area contributed by atoms with E-state index < -0.39 is 23.0 Å². The molecule has 0 spiro atoms. The van der Waals surface area contributed by atoms with Crippen molar-refractivity contribution in [2.75, 3.05) is 6.54 Å². The SMILES string of the molecule is C#CCNC(=O)C(=O)NCc1ccccc1C(=O)C(=C)C1(c2cc(-c3cccs3)cc(Cl)c2F)CC1. The van der Waals surface area contributed by atoms with E-state index in [2.05, 4.69) is 23.1 Å². The zero-order valence-corrected chi connectivity index (χ0v) is 20.8. The standard InChI is InChI=1S/C28H22ClFN2O3S/c1-3-12-31-26(34)27(35)32-16-18-7-4-5-8-20(18)25(33)17(2)28(10-11-28)21-14-19(15-22(29)24(21)30)23-9-6-13-36-23/h1,4-9,13-15H,2,10-12,16H2,(H,31,34)(H,32,35). The number of carbonyl (C=O) groups excluding carboxylic acids is 3. The molecule has 2 N–H and O–H groups in total. The highest BCUT2D eigenvalue weighted by molar-refractivity contribution is 7.13. The third-order valence-electron chi connectivity index (χ3n) is 6.21. The number of halogens is 2. The predicted molar refractivity (Wildman–Crippen MR) is 139 cm³/mol. The van der Waals surface area contributed by atoms with Crippen LogP contribution in [0.1, 0.15) is 34.3 Å². The first-order chi connectivity index (χ1) is 17.3. The van der Waals surface area contributed by atoms with Crippen molar-refractivity contribution in [2.45, 2.75) is 24.8 Å². The van der Waals surface area contributed by atoms with Crippen molar-refractivity contribution in [3.8, 4) is 22.8 Å². The quantitative estimate of drug-likeness (QED) is 0.189. The number of hydrogen-bond acceptors (Lipinski definition) is 4. The van der Waals surface area contributed by atoms with Gasteiger partial charge in [-0.2, -0.15) is 0 Å². The Morgan fingerprint density at radius 2 is 1.83 bits per heavy atom. The Hall–Kier alpha value is -3.73. The van der Waals surface area contributed by atoms with Crippen LogP contribution in [0, 0.1) is 18.2 Å². The first-order valence-corrected chi connectivity index (χ1v) is 12.4. The minimum atomic E-state index is -0.868. The fourth-order valence-corrected chi connectivity index (χ4v) is 5.06. The summed E-state index contributed by atoms with van der Waals surface area (Å²) >= 11 is 7.77. The van der Waals surface area contributed by atoms with Gasteiger partial charge in [0.05, 0.1) is 11.6 Å². The Kier molecular flexibility index (Phi) is 7.39. The van der Waals surface area contributed by atoms with Crippen LogP contribution < -0.4 is 10.6 Å². The van der Waals surface area contributed by atoms with Gasteiger partial charge in [0.1, 0.15) is 5.82 Å². The molecule has 182 valence electrons. The smallest absolute Gasteiger partial charge is 0.310 e. The maximum Gasteiger partial charge on any atom is 0.310 e. The molecule has 0 unspecified atom stereocenters. The van der Waals surface area contributed by atoms with Gasteiger partial charge in [0.25, 0.3) is 0 Å². The highest BCUT2D eigenvalue weighted by atomic mass is 35.5. The fourth-order valence-electron chi connectivity index (χ4n) is 4.12. The van der Waals surface area contributed by atoms with Gasteiger partial charge in [-0.05, 0) is 47.5 Å². The molecular formula is C28H22ClFN2O3S. The summed E-state index contributed by atoms with van der Waals surface area (Å²) < 4.78 is 15.3. The molecule has 1 aliphatic rings. The second kappa shape index (κ2) is 10.5. The van der Waals surface area contributed by atoms with Crippen molar-refractivity contribution in [2.24, 2.45) is 0 Å². The van der Waals surface area contributed by atoms with Gasteiger partial charge in [-0.15, -0.1) is 17.8 Å². The van der Waals surface area contributed by atoms with E-state index >= 15 is 4.39 Å². The lowest BCUT2D eigenvalue weighted by Crippen LogP contribution is -2.39. The molecule has 1 fully saturated rings. The molecule has 1 aromatic heterocycles. The van der Waals surface area contributed by atoms with Crippen LogP contribution in [0.4, 0.5) is 4.39 Å². The molecule has 3 aromatic rings. The van der Waals surface area contributed by atoms with Gasteiger partial charge in [0.15, 0.2) is 5.78 Å². The molecule has 2 amide bonds. The molecule has 1 heterocycles.